The monoisotopic (exact) mass is 250 g/mol. The van der Waals surface area contributed by atoms with Crippen molar-refractivity contribution in [3.63, 3.8) is 0 Å². The Kier molecular flexibility index (Phi) is 6.25. The van der Waals surface area contributed by atoms with Crippen LogP contribution in [0.2, 0.25) is 5.02 Å². The predicted octanol–water partition coefficient (Wildman–Crippen LogP) is 0.412. The zero-order valence-electron chi connectivity index (χ0n) is 7.41. The fraction of sp³-hybridized carbons (Fsp3) is 0.143. The van der Waals surface area contributed by atoms with Crippen molar-refractivity contribution in [2.45, 2.75) is 6.32 Å². The van der Waals surface area contributed by atoms with Crippen LogP contribution >= 0.6 is 11.6 Å². The molecule has 0 aliphatic heterocycles. The molecule has 0 unspecified atom stereocenters. The van der Waals surface area contributed by atoms with Gasteiger partial charge in [0, 0.05) is 5.02 Å². The van der Waals surface area contributed by atoms with Crippen LogP contribution in [-0.4, -0.2) is 6.98 Å². The van der Waals surface area contributed by atoms with Gasteiger partial charge in [0.05, 0.1) is 0 Å². The van der Waals surface area contributed by atoms with Crippen LogP contribution in [0.3, 0.4) is 0 Å². The minimum absolute atomic E-state index is 0. The van der Waals surface area contributed by atoms with Crippen molar-refractivity contribution in [3.05, 3.63) is 34.6 Å². The predicted molar refractivity (Wildman–Crippen MR) is 44.2 cm³/mol. The van der Waals surface area contributed by atoms with Crippen molar-refractivity contribution < 1.29 is 68.7 Å². The van der Waals surface area contributed by atoms with E-state index in [9.17, 15) is 17.3 Å². The zero-order valence-corrected chi connectivity index (χ0v) is 11.3. The maximum absolute atomic E-state index is 12.5. The molecular formula is C7H5BClF4K. The molecule has 14 heavy (non-hydrogen) atoms. The third-order valence-electron chi connectivity index (χ3n) is 1.46. The van der Waals surface area contributed by atoms with Crippen molar-refractivity contribution in [2.24, 2.45) is 0 Å². The average Bonchev–Trinajstić information content (AvgIpc) is 1.94. The molecule has 0 aliphatic rings. The van der Waals surface area contributed by atoms with E-state index in [4.69, 9.17) is 11.6 Å². The van der Waals surface area contributed by atoms with Gasteiger partial charge in [-0.05, 0) is 18.2 Å². The maximum Gasteiger partial charge on any atom is 1.00 e. The third-order valence-corrected chi connectivity index (χ3v) is 1.83. The van der Waals surface area contributed by atoms with Crippen LogP contribution in [0.25, 0.3) is 0 Å². The standard InChI is InChI=1S/C7H5BClF4.K/c9-7-2-1-6(10)3-5(7)4-8(11,12)13;/h1-3H,4H2;/q-1;+1. The fourth-order valence-corrected chi connectivity index (χ4v) is 1.14. The van der Waals surface area contributed by atoms with Gasteiger partial charge >= 0.3 is 58.4 Å². The van der Waals surface area contributed by atoms with Gasteiger partial charge in [0.2, 0.25) is 0 Å². The Bertz CT molecular complexity index is 315. The van der Waals surface area contributed by atoms with Crippen LogP contribution in [0.15, 0.2) is 18.2 Å². The summed E-state index contributed by atoms with van der Waals surface area (Å²) in [5, 5.41) is -0.0550. The summed E-state index contributed by atoms with van der Waals surface area (Å²) in [4.78, 5) is 0. The molecule has 0 fully saturated rings. The van der Waals surface area contributed by atoms with Gasteiger partial charge in [0.1, 0.15) is 5.82 Å². The van der Waals surface area contributed by atoms with Gasteiger partial charge in [0.15, 0.2) is 0 Å². The number of rotatable bonds is 2. The summed E-state index contributed by atoms with van der Waals surface area (Å²) in [6.07, 6.45) is -1.14. The van der Waals surface area contributed by atoms with E-state index in [-0.39, 0.29) is 62.0 Å². The fourth-order valence-electron chi connectivity index (χ4n) is 0.949. The Hall–Kier alpha value is 0.931. The first-order valence-corrected chi connectivity index (χ1v) is 3.91. The van der Waals surface area contributed by atoms with E-state index in [1.807, 2.05) is 0 Å². The maximum atomic E-state index is 12.5. The average molecular weight is 250 g/mol. The molecule has 72 valence electrons. The molecule has 0 amide bonds. The van der Waals surface area contributed by atoms with Gasteiger partial charge in [-0.3, -0.25) is 0 Å². The molecule has 1 rings (SSSR count). The SMILES string of the molecule is Fc1ccc(Cl)c(C[B-](F)(F)F)c1.[K+]. The van der Waals surface area contributed by atoms with Gasteiger partial charge in [-0.15, -0.1) is 0 Å². The topological polar surface area (TPSA) is 0 Å². The molecule has 1 aromatic rings. The molecule has 0 spiro atoms. The second-order valence-electron chi connectivity index (χ2n) is 2.65. The number of halogens is 5. The molecule has 1 aromatic carbocycles. The van der Waals surface area contributed by atoms with Crippen molar-refractivity contribution in [1.82, 2.24) is 0 Å². The molecule has 0 radical (unpaired) electrons. The van der Waals surface area contributed by atoms with Crippen LogP contribution < -0.4 is 51.4 Å². The first-order valence-electron chi connectivity index (χ1n) is 3.53. The summed E-state index contributed by atoms with van der Waals surface area (Å²) < 4.78 is 48.3. The van der Waals surface area contributed by atoms with Gasteiger partial charge in [0.25, 0.3) is 0 Å². The van der Waals surface area contributed by atoms with E-state index < -0.39 is 19.1 Å². The van der Waals surface area contributed by atoms with Crippen LogP contribution in [0.1, 0.15) is 5.56 Å². The van der Waals surface area contributed by atoms with Crippen LogP contribution in [0.5, 0.6) is 0 Å². The van der Waals surface area contributed by atoms with Crippen LogP contribution in [-0.2, 0) is 6.32 Å². The minimum Gasteiger partial charge on any atom is -0.449 e. The first kappa shape index (κ1) is 14.9. The van der Waals surface area contributed by atoms with Crippen molar-refractivity contribution >= 4 is 18.6 Å². The van der Waals surface area contributed by atoms with Crippen molar-refractivity contribution in [2.75, 3.05) is 0 Å². The molecule has 0 nitrogen and oxygen atoms in total. The molecule has 0 atom stereocenters. The zero-order chi connectivity index (χ0) is 10.1. The number of hydrogen-bond donors (Lipinski definition) is 0. The van der Waals surface area contributed by atoms with Gasteiger partial charge in [-0.2, -0.15) is 0 Å². The molecule has 0 bridgehead atoms. The second kappa shape index (κ2) is 5.86. The second-order valence-corrected chi connectivity index (χ2v) is 3.06. The Morgan fingerprint density at radius 2 is 1.79 bits per heavy atom. The van der Waals surface area contributed by atoms with E-state index in [2.05, 4.69) is 0 Å². The summed E-state index contributed by atoms with van der Waals surface area (Å²) in [7, 11) is 0. The Labute approximate surface area is 126 Å². The largest absolute Gasteiger partial charge is 1.00 e. The molecule has 0 heterocycles. The van der Waals surface area contributed by atoms with Gasteiger partial charge < -0.3 is 12.9 Å². The van der Waals surface area contributed by atoms with Crippen molar-refractivity contribution in [3.8, 4) is 0 Å². The third kappa shape index (κ3) is 5.14. The summed E-state index contributed by atoms with van der Waals surface area (Å²) in [5.41, 5.74) is -0.214. The summed E-state index contributed by atoms with van der Waals surface area (Å²) in [5.74, 6) is -0.709. The normalized spacial score (nSPS) is 10.9. The summed E-state index contributed by atoms with van der Waals surface area (Å²) in [6, 6.07) is 2.95. The molecule has 0 N–H and O–H groups in total. The van der Waals surface area contributed by atoms with E-state index in [0.29, 0.717) is 0 Å². The Morgan fingerprint density at radius 1 is 1.21 bits per heavy atom. The molecule has 0 aliphatic carbocycles. The first-order chi connectivity index (χ1) is 5.88. The van der Waals surface area contributed by atoms with Crippen LogP contribution in [0, 0.1) is 5.82 Å². The minimum atomic E-state index is -4.97. The number of benzene rings is 1. The molecular weight excluding hydrogens is 245 g/mol. The van der Waals surface area contributed by atoms with E-state index in [0.717, 1.165) is 18.2 Å². The van der Waals surface area contributed by atoms with Gasteiger partial charge in [-0.1, -0.05) is 23.5 Å². The number of hydrogen-bond acceptors (Lipinski definition) is 0. The molecule has 0 saturated heterocycles. The summed E-state index contributed by atoms with van der Waals surface area (Å²) in [6.45, 7) is -4.97. The van der Waals surface area contributed by atoms with E-state index in [1.165, 1.54) is 0 Å². The van der Waals surface area contributed by atoms with E-state index in [1.54, 1.807) is 0 Å². The summed E-state index contributed by atoms with van der Waals surface area (Å²) >= 11 is 5.45. The van der Waals surface area contributed by atoms with Gasteiger partial charge in [-0.25, -0.2) is 4.39 Å². The van der Waals surface area contributed by atoms with Crippen molar-refractivity contribution in [1.29, 1.82) is 0 Å². The Morgan fingerprint density at radius 3 is 2.29 bits per heavy atom. The molecule has 0 aromatic heterocycles. The smallest absolute Gasteiger partial charge is 0.449 e. The quantitative estimate of drug-likeness (QED) is 0.527. The molecule has 7 heteroatoms. The van der Waals surface area contributed by atoms with E-state index >= 15 is 0 Å². The Balaban J connectivity index is 0.00000169. The van der Waals surface area contributed by atoms with Crippen LogP contribution in [0.4, 0.5) is 17.3 Å². The molecule has 0 saturated carbocycles.